The van der Waals surface area contributed by atoms with Crippen LogP contribution in [0.25, 0.3) is 44.0 Å². The zero-order chi connectivity index (χ0) is 20.5. The summed E-state index contributed by atoms with van der Waals surface area (Å²) in [5, 5.41) is 9.45. The van der Waals surface area contributed by atoms with Gasteiger partial charge in [0.2, 0.25) is 0 Å². The van der Waals surface area contributed by atoms with Gasteiger partial charge in [-0.25, -0.2) is 0 Å². The average molecular weight is 388 g/mol. The first-order valence-electron chi connectivity index (χ1n) is 10.7. The maximum Gasteiger partial charge on any atom is 0.0407 e. The van der Waals surface area contributed by atoms with Crippen LogP contribution in [0.4, 0.5) is 0 Å². The van der Waals surface area contributed by atoms with E-state index in [1.165, 1.54) is 48.7 Å². The number of nitrogens with zero attached hydrogens (tertiary/aromatic N) is 1. The topological polar surface area (TPSA) is 12.9 Å². The molecule has 6 rings (SSSR count). The molecule has 1 nitrogen and oxygen atoms in total. The molecule has 0 amide bonds. The van der Waals surface area contributed by atoms with Gasteiger partial charge < -0.3 is 0 Å². The van der Waals surface area contributed by atoms with Crippen molar-refractivity contribution in [2.24, 2.45) is 0 Å². The molecule has 1 heteroatoms. The molecule has 0 unspecified atom stereocenters. The lowest BCUT2D eigenvalue weighted by molar-refractivity contribution is 1.05. The molecule has 1 aliphatic carbocycles. The van der Waals surface area contributed by atoms with Gasteiger partial charge in [-0.3, -0.25) is 4.98 Å². The molecule has 1 aromatic heterocycles. The molecule has 1 aliphatic rings. The third-order valence-electron chi connectivity index (χ3n) is 6.04. The summed E-state index contributed by atoms with van der Waals surface area (Å²) >= 11 is 0. The highest BCUT2D eigenvalue weighted by molar-refractivity contribution is 6.13. The molecule has 0 spiro atoms. The zero-order valence-corrected chi connectivity index (χ0v) is 17.5. The van der Waals surface area contributed by atoms with Gasteiger partial charge in [-0.05, 0) is 63.5 Å². The van der Waals surface area contributed by atoms with Crippen molar-refractivity contribution in [2.75, 3.05) is 0 Å². The fraction of sp³-hybridized carbons (Fsp3) is 0.138. The van der Waals surface area contributed by atoms with Gasteiger partial charge in [-0.15, -0.1) is 0 Å². The quantitative estimate of drug-likeness (QED) is 0.299. The Labute approximate surface area is 177 Å². The summed E-state index contributed by atoms with van der Waals surface area (Å²) in [4.78, 5) is 4.33. The summed E-state index contributed by atoms with van der Waals surface area (Å²) in [5.74, 6) is 0. The van der Waals surface area contributed by atoms with Crippen molar-refractivity contribution in [3.8, 4) is 0 Å². The number of benzene rings is 4. The minimum atomic E-state index is 1.00. The third-order valence-corrected chi connectivity index (χ3v) is 6.04. The normalized spacial score (nSPS) is 12.8. The zero-order valence-electron chi connectivity index (χ0n) is 17.5. The Bertz CT molecular complexity index is 1440. The molecule has 146 valence electrons. The summed E-state index contributed by atoms with van der Waals surface area (Å²) in [6.07, 6.45) is 8.53. The Kier molecular flexibility index (Phi) is 4.80. The van der Waals surface area contributed by atoms with Crippen LogP contribution >= 0.6 is 0 Å². The number of hydrogen-bond donors (Lipinski definition) is 0. The molecule has 5 aromatic rings. The molecule has 0 fully saturated rings. The van der Waals surface area contributed by atoms with E-state index in [0.717, 1.165) is 18.5 Å². The van der Waals surface area contributed by atoms with E-state index in [1.54, 1.807) is 0 Å². The largest absolute Gasteiger partial charge is 0.261 e. The smallest absolute Gasteiger partial charge is 0.0407 e. The van der Waals surface area contributed by atoms with Gasteiger partial charge in [0, 0.05) is 17.3 Å². The summed E-state index contributed by atoms with van der Waals surface area (Å²) in [7, 11) is 0. The van der Waals surface area contributed by atoms with Crippen LogP contribution in [-0.4, -0.2) is 4.98 Å². The average Bonchev–Trinajstić information content (AvgIpc) is 2.97. The minimum absolute atomic E-state index is 1.00. The number of pyridine rings is 1. The van der Waals surface area contributed by atoms with Crippen LogP contribution < -0.4 is 5.22 Å². The first-order valence-corrected chi connectivity index (χ1v) is 10.7. The van der Waals surface area contributed by atoms with Gasteiger partial charge >= 0.3 is 0 Å². The van der Waals surface area contributed by atoms with Crippen molar-refractivity contribution >= 4 is 44.0 Å². The lowest BCUT2D eigenvalue weighted by atomic mass is 9.94. The monoisotopic (exact) mass is 387 g/mol. The Morgan fingerprint density at radius 3 is 2.30 bits per heavy atom. The number of allylic oxidation sites excluding steroid dienone is 1. The van der Waals surface area contributed by atoms with Crippen LogP contribution in [0.15, 0.2) is 85.1 Å². The minimum Gasteiger partial charge on any atom is -0.261 e. The highest BCUT2D eigenvalue weighted by Crippen LogP contribution is 2.29. The van der Waals surface area contributed by atoms with Crippen molar-refractivity contribution in [3.63, 3.8) is 0 Å². The number of aryl methyl sites for hydroxylation is 1. The SMILES string of the molecule is CC1=c2ccc3cccc4ccc(c2c43)C=CC1.CCc1cc2ccccc2cn1. The number of hydrogen-bond acceptors (Lipinski definition) is 1. The number of rotatable bonds is 1. The van der Waals surface area contributed by atoms with E-state index in [4.69, 9.17) is 0 Å². The predicted octanol–water partition coefficient (Wildman–Crippen LogP) is 7.10. The lowest BCUT2D eigenvalue weighted by Gasteiger charge is -2.09. The maximum atomic E-state index is 4.33. The van der Waals surface area contributed by atoms with Crippen molar-refractivity contribution in [2.45, 2.75) is 26.7 Å². The fourth-order valence-electron chi connectivity index (χ4n) is 4.40. The van der Waals surface area contributed by atoms with Crippen molar-refractivity contribution in [1.29, 1.82) is 0 Å². The standard InChI is InChI=1S/C18H14.C11H11N/c1-12-4-2-5-15-9-8-13-6-3-7-14-10-11-16(12)18(15)17(13)14;1-2-11-7-9-5-3-4-6-10(9)8-12-11/h2-3,5-11H,4H2,1H3;3-8H,2H2,1H3. The van der Waals surface area contributed by atoms with E-state index in [1.807, 2.05) is 12.3 Å². The molecule has 0 atom stereocenters. The molecular formula is C29H25N. The van der Waals surface area contributed by atoms with Crippen LogP contribution in [0.5, 0.6) is 0 Å². The van der Waals surface area contributed by atoms with E-state index >= 15 is 0 Å². The maximum absolute atomic E-state index is 4.33. The molecule has 1 heterocycles. The first kappa shape index (κ1) is 18.6. The van der Waals surface area contributed by atoms with E-state index < -0.39 is 0 Å². The second kappa shape index (κ2) is 7.76. The fourth-order valence-corrected chi connectivity index (χ4v) is 4.40. The van der Waals surface area contributed by atoms with Gasteiger partial charge in [-0.1, -0.05) is 91.4 Å². The van der Waals surface area contributed by atoms with Crippen LogP contribution in [0.1, 0.15) is 31.5 Å². The summed E-state index contributed by atoms with van der Waals surface area (Å²) in [6, 6.07) is 26.0. The molecule has 0 saturated heterocycles. The molecule has 4 aromatic carbocycles. The Balaban J connectivity index is 0.000000140. The van der Waals surface area contributed by atoms with Crippen molar-refractivity contribution in [1.82, 2.24) is 4.98 Å². The van der Waals surface area contributed by atoms with Gasteiger partial charge in [0.1, 0.15) is 0 Å². The number of fused-ring (bicyclic) bond motifs is 1. The molecule has 0 bridgehead atoms. The van der Waals surface area contributed by atoms with Gasteiger partial charge in [0.15, 0.2) is 0 Å². The van der Waals surface area contributed by atoms with Gasteiger partial charge in [0.05, 0.1) is 0 Å². The molecule has 0 saturated carbocycles. The lowest BCUT2D eigenvalue weighted by Crippen LogP contribution is -2.06. The van der Waals surface area contributed by atoms with E-state index in [0.29, 0.717) is 0 Å². The highest BCUT2D eigenvalue weighted by atomic mass is 14.7. The van der Waals surface area contributed by atoms with Crippen LogP contribution in [0.3, 0.4) is 0 Å². The Hall–Kier alpha value is -3.45. The van der Waals surface area contributed by atoms with Crippen LogP contribution in [0.2, 0.25) is 0 Å². The van der Waals surface area contributed by atoms with Crippen molar-refractivity contribution in [3.05, 3.63) is 102 Å². The molecule has 0 N–H and O–H groups in total. The second-order valence-corrected chi connectivity index (χ2v) is 7.99. The van der Waals surface area contributed by atoms with E-state index in [2.05, 4.69) is 97.7 Å². The molecule has 30 heavy (non-hydrogen) atoms. The highest BCUT2D eigenvalue weighted by Gasteiger charge is 2.09. The Morgan fingerprint density at radius 1 is 0.767 bits per heavy atom. The molecule has 0 radical (unpaired) electrons. The van der Waals surface area contributed by atoms with Crippen molar-refractivity contribution < 1.29 is 0 Å². The molecule has 0 aliphatic heterocycles. The first-order chi connectivity index (χ1) is 14.7. The second-order valence-electron chi connectivity index (χ2n) is 7.99. The van der Waals surface area contributed by atoms with Gasteiger partial charge in [0.25, 0.3) is 0 Å². The number of aromatic nitrogens is 1. The Morgan fingerprint density at radius 2 is 1.50 bits per heavy atom. The molecular weight excluding hydrogens is 362 g/mol. The van der Waals surface area contributed by atoms with Crippen LogP contribution in [0, 0.1) is 0 Å². The van der Waals surface area contributed by atoms with E-state index in [-0.39, 0.29) is 0 Å². The van der Waals surface area contributed by atoms with Gasteiger partial charge in [-0.2, -0.15) is 0 Å². The predicted molar refractivity (Wildman–Crippen MR) is 131 cm³/mol. The van der Waals surface area contributed by atoms with Crippen LogP contribution in [-0.2, 0) is 6.42 Å². The van der Waals surface area contributed by atoms with E-state index in [9.17, 15) is 0 Å². The summed E-state index contributed by atoms with van der Waals surface area (Å²) in [5.41, 5.74) is 3.98. The summed E-state index contributed by atoms with van der Waals surface area (Å²) < 4.78 is 0. The third kappa shape index (κ3) is 3.27. The summed E-state index contributed by atoms with van der Waals surface area (Å²) in [6.45, 7) is 4.36.